The lowest BCUT2D eigenvalue weighted by Gasteiger charge is -2.44. The second-order valence-electron chi connectivity index (χ2n) is 16.5. The van der Waals surface area contributed by atoms with Crippen LogP contribution in [0.15, 0.2) is 249 Å². The summed E-state index contributed by atoms with van der Waals surface area (Å²) in [5, 5.41) is 0. The fourth-order valence-corrected chi connectivity index (χ4v) is 9.93. The van der Waals surface area contributed by atoms with E-state index in [1.165, 1.54) is 94.8 Å². The molecule has 0 saturated carbocycles. The lowest BCUT2D eigenvalue weighted by atomic mass is 9.33. The average Bonchev–Trinajstić information content (AvgIpc) is 3.37. The molecule has 2 heterocycles. The minimum absolute atomic E-state index is 0.0446. The second-order valence-corrected chi connectivity index (χ2v) is 16.5. The summed E-state index contributed by atoms with van der Waals surface area (Å²) < 4.78 is 0. The van der Waals surface area contributed by atoms with Gasteiger partial charge in [-0.05, 0) is 121 Å². The summed E-state index contributed by atoms with van der Waals surface area (Å²) in [6, 6.07) is 91.1. The van der Waals surface area contributed by atoms with Gasteiger partial charge in [-0.15, -0.1) is 0 Å². The van der Waals surface area contributed by atoms with Crippen LogP contribution in [0.2, 0.25) is 0 Å². The first-order valence-corrected chi connectivity index (χ1v) is 21.8. The maximum atomic E-state index is 2.52. The van der Waals surface area contributed by atoms with E-state index in [0.29, 0.717) is 0 Å². The Morgan fingerprint density at radius 2 is 0.603 bits per heavy atom. The SMILES string of the molecule is c1ccc(-c2ccc(N3c4ccc(-c5ccccc5)cc4B4c5cc(-c6ccccc6)c(-c6ccccc6)cc5N(c5ccc(-c6ccccc6)cc5)c5cccc3c54)cc2)cc1. The van der Waals surface area contributed by atoms with Gasteiger partial charge in [-0.25, -0.2) is 0 Å². The highest BCUT2D eigenvalue weighted by Crippen LogP contribution is 2.47. The summed E-state index contributed by atoms with van der Waals surface area (Å²) in [6.07, 6.45) is 0. The van der Waals surface area contributed by atoms with Gasteiger partial charge < -0.3 is 9.80 Å². The van der Waals surface area contributed by atoms with E-state index in [0.717, 1.165) is 11.4 Å². The molecule has 10 aromatic rings. The summed E-state index contributed by atoms with van der Waals surface area (Å²) in [7, 11) is 0. The van der Waals surface area contributed by atoms with Gasteiger partial charge in [0.05, 0.1) is 0 Å². The van der Waals surface area contributed by atoms with Crippen molar-refractivity contribution in [3.63, 3.8) is 0 Å². The van der Waals surface area contributed by atoms with E-state index < -0.39 is 0 Å². The Labute approximate surface area is 369 Å². The standard InChI is InChI=1S/C60H41BN2/c1-6-17-42(18-7-1)45-29-34-50(35-30-45)62-56-38-33-49(44-21-10-3-11-22-44)39-54(56)61-55-40-52(47-23-12-4-13-24-47)53(48-25-14-5-15-26-48)41-59(55)63(58-28-16-27-57(62)60(58)61)51-36-31-46(32-37-51)43-19-8-2-9-20-43/h1-41H. The van der Waals surface area contributed by atoms with Crippen molar-refractivity contribution >= 4 is 57.2 Å². The van der Waals surface area contributed by atoms with E-state index in [-0.39, 0.29) is 6.71 Å². The Morgan fingerprint density at radius 3 is 1.08 bits per heavy atom. The minimum Gasteiger partial charge on any atom is -0.311 e. The Kier molecular flexibility index (Phi) is 8.97. The van der Waals surface area contributed by atoms with Crippen molar-refractivity contribution in [1.82, 2.24) is 0 Å². The molecule has 0 radical (unpaired) electrons. The van der Waals surface area contributed by atoms with Gasteiger partial charge in [-0.2, -0.15) is 0 Å². The van der Waals surface area contributed by atoms with Crippen LogP contribution in [0.25, 0.3) is 55.6 Å². The minimum atomic E-state index is -0.0446. The zero-order chi connectivity index (χ0) is 41.7. The molecule has 0 unspecified atom stereocenters. The fourth-order valence-electron chi connectivity index (χ4n) is 9.93. The molecule has 10 aromatic carbocycles. The van der Waals surface area contributed by atoms with Crippen molar-refractivity contribution in [3.05, 3.63) is 249 Å². The van der Waals surface area contributed by atoms with Crippen molar-refractivity contribution in [2.75, 3.05) is 9.80 Å². The van der Waals surface area contributed by atoms with Gasteiger partial charge in [0, 0.05) is 34.1 Å². The zero-order valence-electron chi connectivity index (χ0n) is 34.6. The molecule has 0 atom stereocenters. The summed E-state index contributed by atoms with van der Waals surface area (Å²) >= 11 is 0. The van der Waals surface area contributed by atoms with Crippen LogP contribution in [-0.4, -0.2) is 6.71 Å². The fraction of sp³-hybridized carbons (Fsp3) is 0. The molecule has 12 rings (SSSR count). The monoisotopic (exact) mass is 800 g/mol. The van der Waals surface area contributed by atoms with Gasteiger partial charge >= 0.3 is 0 Å². The van der Waals surface area contributed by atoms with Crippen molar-refractivity contribution in [2.24, 2.45) is 0 Å². The number of nitrogens with zero attached hydrogens (tertiary/aromatic N) is 2. The first-order valence-electron chi connectivity index (χ1n) is 21.8. The number of fused-ring (bicyclic) bond motifs is 4. The van der Waals surface area contributed by atoms with Crippen molar-refractivity contribution < 1.29 is 0 Å². The molecule has 2 nitrogen and oxygen atoms in total. The molecule has 3 heteroatoms. The van der Waals surface area contributed by atoms with Crippen LogP contribution < -0.4 is 26.2 Å². The Balaban J connectivity index is 1.14. The normalized spacial score (nSPS) is 12.3. The second kappa shape index (κ2) is 15.4. The van der Waals surface area contributed by atoms with Gasteiger partial charge in [-0.3, -0.25) is 0 Å². The third-order valence-electron chi connectivity index (χ3n) is 12.9. The average molecular weight is 801 g/mol. The summed E-state index contributed by atoms with van der Waals surface area (Å²) in [4.78, 5) is 5.01. The van der Waals surface area contributed by atoms with E-state index >= 15 is 0 Å². The number of hydrogen-bond acceptors (Lipinski definition) is 2. The largest absolute Gasteiger partial charge is 0.311 e. The van der Waals surface area contributed by atoms with E-state index in [1.807, 2.05) is 0 Å². The molecule has 0 N–H and O–H groups in total. The van der Waals surface area contributed by atoms with Crippen molar-refractivity contribution in [1.29, 1.82) is 0 Å². The third kappa shape index (κ3) is 6.37. The molecule has 0 amide bonds. The maximum absolute atomic E-state index is 2.52. The molecule has 63 heavy (non-hydrogen) atoms. The van der Waals surface area contributed by atoms with Gasteiger partial charge in [0.25, 0.3) is 6.71 Å². The van der Waals surface area contributed by atoms with E-state index in [4.69, 9.17) is 0 Å². The molecule has 294 valence electrons. The lowest BCUT2D eigenvalue weighted by Crippen LogP contribution is -2.61. The van der Waals surface area contributed by atoms with Crippen LogP contribution in [0.4, 0.5) is 34.1 Å². The van der Waals surface area contributed by atoms with Gasteiger partial charge in [-0.1, -0.05) is 200 Å². The van der Waals surface area contributed by atoms with E-state index in [2.05, 4.69) is 259 Å². The van der Waals surface area contributed by atoms with Crippen LogP contribution in [0.5, 0.6) is 0 Å². The predicted molar refractivity (Wildman–Crippen MR) is 268 cm³/mol. The Bertz CT molecular complexity index is 3240. The van der Waals surface area contributed by atoms with Gasteiger partial charge in [0.1, 0.15) is 0 Å². The third-order valence-corrected chi connectivity index (χ3v) is 12.9. The topological polar surface area (TPSA) is 6.48 Å². The van der Waals surface area contributed by atoms with Crippen LogP contribution >= 0.6 is 0 Å². The molecule has 0 saturated heterocycles. The molecule has 0 aliphatic carbocycles. The first-order chi connectivity index (χ1) is 31.3. The molecule has 0 fully saturated rings. The van der Waals surface area contributed by atoms with Crippen molar-refractivity contribution in [2.45, 2.75) is 0 Å². The van der Waals surface area contributed by atoms with Crippen LogP contribution in [0, 0.1) is 0 Å². The molecular formula is C60H41BN2. The maximum Gasteiger partial charge on any atom is 0.252 e. The number of benzene rings is 10. The Hall–Kier alpha value is -8.14. The highest BCUT2D eigenvalue weighted by molar-refractivity contribution is 7.00. The van der Waals surface area contributed by atoms with Crippen LogP contribution in [0.1, 0.15) is 0 Å². The smallest absolute Gasteiger partial charge is 0.252 e. The van der Waals surface area contributed by atoms with Crippen molar-refractivity contribution in [3.8, 4) is 55.6 Å². The highest BCUT2D eigenvalue weighted by atomic mass is 15.2. The van der Waals surface area contributed by atoms with E-state index in [9.17, 15) is 0 Å². The first kappa shape index (κ1) is 36.7. The zero-order valence-corrected chi connectivity index (χ0v) is 34.6. The number of anilines is 6. The number of hydrogen-bond donors (Lipinski definition) is 0. The van der Waals surface area contributed by atoms with E-state index in [1.54, 1.807) is 0 Å². The van der Waals surface area contributed by atoms with Gasteiger partial charge in [0.15, 0.2) is 0 Å². The lowest BCUT2D eigenvalue weighted by molar-refractivity contribution is 1.25. The molecule has 0 bridgehead atoms. The molecule has 2 aliphatic rings. The molecule has 0 aromatic heterocycles. The highest BCUT2D eigenvalue weighted by Gasteiger charge is 2.44. The molecular weight excluding hydrogens is 759 g/mol. The van der Waals surface area contributed by atoms with Crippen LogP contribution in [-0.2, 0) is 0 Å². The molecule has 0 spiro atoms. The summed E-state index contributed by atoms with van der Waals surface area (Å²) in [6.45, 7) is -0.0446. The number of rotatable bonds is 7. The predicted octanol–water partition coefficient (Wildman–Crippen LogP) is 14.1. The quantitative estimate of drug-likeness (QED) is 0.148. The summed E-state index contributed by atoms with van der Waals surface area (Å²) in [5.74, 6) is 0. The summed E-state index contributed by atoms with van der Waals surface area (Å²) in [5.41, 5.74) is 22.9. The van der Waals surface area contributed by atoms with Crippen LogP contribution in [0.3, 0.4) is 0 Å². The molecule has 2 aliphatic heterocycles. The Morgan fingerprint density at radius 1 is 0.238 bits per heavy atom. The van der Waals surface area contributed by atoms with Gasteiger partial charge in [0.2, 0.25) is 0 Å².